The van der Waals surface area contributed by atoms with Gasteiger partial charge in [-0.1, -0.05) is 13.2 Å². The number of nitrogens with two attached hydrogens (primary N) is 1. The Morgan fingerprint density at radius 3 is 2.63 bits per heavy atom. The van der Waals surface area contributed by atoms with E-state index >= 15 is 0 Å². The predicted molar refractivity (Wildman–Crippen MR) is 73.2 cm³/mol. The van der Waals surface area contributed by atoms with Gasteiger partial charge >= 0.3 is 0 Å². The summed E-state index contributed by atoms with van der Waals surface area (Å²) >= 11 is 0. The molecule has 0 saturated heterocycles. The summed E-state index contributed by atoms with van der Waals surface area (Å²) in [6.45, 7) is 7.20. The third-order valence-electron chi connectivity index (χ3n) is 2.53. The molecule has 0 aliphatic carbocycles. The molecule has 2 N–H and O–H groups in total. The summed E-state index contributed by atoms with van der Waals surface area (Å²) < 4.78 is 5.45. The molecule has 6 heteroatoms. The molecule has 6 nitrogen and oxygen atoms in total. The van der Waals surface area contributed by atoms with Crippen LogP contribution in [0.25, 0.3) is 23.6 Å². The minimum Gasteiger partial charge on any atom is -0.436 e. The first-order chi connectivity index (χ1) is 9.06. The molecule has 1 heterocycles. The summed E-state index contributed by atoms with van der Waals surface area (Å²) in [7, 11) is 0. The summed E-state index contributed by atoms with van der Waals surface area (Å²) in [5.74, 6) is 0.720. The summed E-state index contributed by atoms with van der Waals surface area (Å²) in [6.07, 6.45) is 3.02. The zero-order valence-corrected chi connectivity index (χ0v) is 10.00. The van der Waals surface area contributed by atoms with Gasteiger partial charge in [0.15, 0.2) is 5.76 Å². The molecule has 0 unspecified atom stereocenters. The van der Waals surface area contributed by atoms with Crippen LogP contribution < -0.4 is 5.73 Å². The second kappa shape index (κ2) is 4.77. The van der Waals surface area contributed by atoms with Gasteiger partial charge in [0, 0.05) is 11.6 Å². The lowest BCUT2D eigenvalue weighted by Gasteiger charge is -1.99. The van der Waals surface area contributed by atoms with Gasteiger partial charge in [-0.15, -0.1) is 0 Å². The molecule has 0 radical (unpaired) electrons. The van der Waals surface area contributed by atoms with E-state index in [0.717, 1.165) is 0 Å². The van der Waals surface area contributed by atoms with E-state index in [1.165, 1.54) is 24.3 Å². The number of rotatable bonds is 4. The first-order valence-electron chi connectivity index (χ1n) is 5.36. The maximum absolute atomic E-state index is 10.8. The van der Waals surface area contributed by atoms with E-state index in [4.69, 9.17) is 10.2 Å². The van der Waals surface area contributed by atoms with Crippen LogP contribution >= 0.6 is 0 Å². The zero-order chi connectivity index (χ0) is 14.0. The number of nitrogens with zero attached hydrogens (tertiary/aromatic N) is 2. The molecular formula is C13H11N3O3. The SMILES string of the molecule is C=Cc1nc(-c2ccc(N)c([N+](=O)[O-])c2)oc1C=C. The van der Waals surface area contributed by atoms with Crippen LogP contribution in [0.4, 0.5) is 11.4 Å². The molecular weight excluding hydrogens is 246 g/mol. The number of nitrogen functional groups attached to an aromatic ring is 1. The minimum absolute atomic E-state index is 0.0909. The number of nitro groups is 1. The Hall–Kier alpha value is -2.89. The predicted octanol–water partition coefficient (Wildman–Crippen LogP) is 3.12. The van der Waals surface area contributed by atoms with E-state index in [9.17, 15) is 10.1 Å². The lowest BCUT2D eigenvalue weighted by atomic mass is 10.2. The summed E-state index contributed by atoms with van der Waals surface area (Å²) in [6, 6.07) is 4.37. The monoisotopic (exact) mass is 257 g/mol. The molecule has 0 aliphatic rings. The van der Waals surface area contributed by atoms with Gasteiger partial charge in [0.25, 0.3) is 5.69 Å². The van der Waals surface area contributed by atoms with Crippen molar-refractivity contribution in [3.05, 3.63) is 52.9 Å². The van der Waals surface area contributed by atoms with Gasteiger partial charge in [0.05, 0.1) is 4.92 Å². The molecule has 19 heavy (non-hydrogen) atoms. The van der Waals surface area contributed by atoms with Gasteiger partial charge in [0.1, 0.15) is 11.4 Å². The van der Waals surface area contributed by atoms with Gasteiger partial charge in [-0.05, 0) is 24.3 Å². The Morgan fingerprint density at radius 2 is 2.11 bits per heavy atom. The number of benzene rings is 1. The number of hydrogen-bond acceptors (Lipinski definition) is 5. The molecule has 0 bridgehead atoms. The van der Waals surface area contributed by atoms with Crippen molar-refractivity contribution < 1.29 is 9.34 Å². The molecule has 0 atom stereocenters. The van der Waals surface area contributed by atoms with Crippen LogP contribution in [0.2, 0.25) is 0 Å². The van der Waals surface area contributed by atoms with Crippen LogP contribution in [0.1, 0.15) is 11.5 Å². The van der Waals surface area contributed by atoms with Gasteiger partial charge < -0.3 is 10.2 Å². The zero-order valence-electron chi connectivity index (χ0n) is 10.00. The van der Waals surface area contributed by atoms with Gasteiger partial charge in [0.2, 0.25) is 5.89 Å². The highest BCUT2D eigenvalue weighted by atomic mass is 16.6. The number of nitro benzene ring substituents is 1. The Kier molecular flexibility index (Phi) is 3.15. The van der Waals surface area contributed by atoms with Gasteiger partial charge in [-0.3, -0.25) is 10.1 Å². The number of oxazole rings is 1. The highest BCUT2D eigenvalue weighted by molar-refractivity contribution is 5.69. The summed E-state index contributed by atoms with van der Waals surface area (Å²) in [4.78, 5) is 14.5. The van der Waals surface area contributed by atoms with E-state index in [0.29, 0.717) is 17.0 Å². The largest absolute Gasteiger partial charge is 0.436 e. The molecule has 0 amide bonds. The molecule has 1 aromatic carbocycles. The van der Waals surface area contributed by atoms with Crippen molar-refractivity contribution in [2.75, 3.05) is 5.73 Å². The van der Waals surface area contributed by atoms with Crippen molar-refractivity contribution >= 4 is 23.5 Å². The quantitative estimate of drug-likeness (QED) is 0.515. The number of aromatic nitrogens is 1. The van der Waals surface area contributed by atoms with Crippen LogP contribution in [-0.4, -0.2) is 9.91 Å². The average Bonchev–Trinajstić information content (AvgIpc) is 2.82. The average molecular weight is 257 g/mol. The van der Waals surface area contributed by atoms with Crippen molar-refractivity contribution in [1.82, 2.24) is 4.98 Å². The fraction of sp³-hybridized carbons (Fsp3) is 0. The second-order valence-corrected chi connectivity index (χ2v) is 3.71. The Morgan fingerprint density at radius 1 is 1.37 bits per heavy atom. The fourth-order valence-corrected chi connectivity index (χ4v) is 1.59. The molecule has 0 aliphatic heterocycles. The fourth-order valence-electron chi connectivity index (χ4n) is 1.59. The van der Waals surface area contributed by atoms with Crippen LogP contribution in [0.15, 0.2) is 35.8 Å². The molecule has 0 spiro atoms. The van der Waals surface area contributed by atoms with Gasteiger partial charge in [-0.2, -0.15) is 0 Å². The van der Waals surface area contributed by atoms with E-state index in [1.807, 2.05) is 0 Å². The smallest absolute Gasteiger partial charge is 0.292 e. The maximum Gasteiger partial charge on any atom is 0.292 e. The molecule has 2 aromatic rings. The lowest BCUT2D eigenvalue weighted by molar-refractivity contribution is -0.383. The molecule has 2 rings (SSSR count). The van der Waals surface area contributed by atoms with Crippen LogP contribution in [0, 0.1) is 10.1 Å². The standard InChI is InChI=1S/C13H11N3O3/c1-3-10-12(4-2)19-13(15-10)8-5-6-9(14)11(7-8)16(17)18/h3-7H,1-2,14H2. The Bertz CT molecular complexity index is 648. The molecule has 1 aromatic heterocycles. The lowest BCUT2D eigenvalue weighted by Crippen LogP contribution is -1.95. The highest BCUT2D eigenvalue weighted by Crippen LogP contribution is 2.29. The molecule has 96 valence electrons. The minimum atomic E-state index is -0.551. The first kappa shape index (κ1) is 12.6. The van der Waals surface area contributed by atoms with Crippen LogP contribution in [0.5, 0.6) is 0 Å². The Balaban J connectivity index is 2.56. The van der Waals surface area contributed by atoms with Crippen molar-refractivity contribution in [2.24, 2.45) is 0 Å². The van der Waals surface area contributed by atoms with Crippen LogP contribution in [-0.2, 0) is 0 Å². The van der Waals surface area contributed by atoms with E-state index in [1.54, 1.807) is 6.07 Å². The number of anilines is 1. The van der Waals surface area contributed by atoms with Crippen molar-refractivity contribution in [2.45, 2.75) is 0 Å². The normalized spacial score (nSPS) is 10.1. The first-order valence-corrected chi connectivity index (χ1v) is 5.36. The topological polar surface area (TPSA) is 95.2 Å². The van der Waals surface area contributed by atoms with E-state index in [2.05, 4.69) is 18.1 Å². The van der Waals surface area contributed by atoms with Gasteiger partial charge in [-0.25, -0.2) is 4.98 Å². The number of hydrogen-bond donors (Lipinski definition) is 1. The van der Waals surface area contributed by atoms with Crippen molar-refractivity contribution in [3.63, 3.8) is 0 Å². The second-order valence-electron chi connectivity index (χ2n) is 3.71. The maximum atomic E-state index is 10.8. The van der Waals surface area contributed by atoms with Crippen molar-refractivity contribution in [1.29, 1.82) is 0 Å². The summed E-state index contributed by atoms with van der Waals surface area (Å²) in [5, 5.41) is 10.8. The van der Waals surface area contributed by atoms with E-state index in [-0.39, 0.29) is 17.3 Å². The van der Waals surface area contributed by atoms with Crippen LogP contribution in [0.3, 0.4) is 0 Å². The summed E-state index contributed by atoms with van der Waals surface area (Å²) in [5.41, 5.74) is 6.44. The highest BCUT2D eigenvalue weighted by Gasteiger charge is 2.16. The third kappa shape index (κ3) is 2.23. The third-order valence-corrected chi connectivity index (χ3v) is 2.53. The molecule has 0 saturated carbocycles. The van der Waals surface area contributed by atoms with E-state index < -0.39 is 4.92 Å². The Labute approximate surface area is 109 Å². The van der Waals surface area contributed by atoms with Crippen molar-refractivity contribution in [3.8, 4) is 11.5 Å². The molecule has 0 fully saturated rings.